The van der Waals surface area contributed by atoms with Gasteiger partial charge in [-0.2, -0.15) is 9.30 Å². The molecule has 192 valence electrons. The zero-order chi connectivity index (χ0) is 25.7. The first kappa shape index (κ1) is 26.0. The summed E-state index contributed by atoms with van der Waals surface area (Å²) in [4.78, 5) is 17.9. The number of carbonyl (C=O) groups is 1. The minimum Gasteiger partial charge on any atom is -0.454 e. The molecule has 1 aliphatic heterocycles. The van der Waals surface area contributed by atoms with E-state index in [1.165, 1.54) is 54.1 Å². The van der Waals surface area contributed by atoms with E-state index in [0.717, 1.165) is 10.2 Å². The molecule has 0 spiro atoms. The standard InChI is InChI=1S/C24H27N3O7S2/c1-4-9-27-19-14-20-21(34-16-33-20)15-22(19)35-24(27)25-23(28)17-5-7-18(8-6-17)36(29,30)26(10-12-31-2)11-13-32-3/h4-8,14-15H,1,9-13,16H2,2-3H3. The summed E-state index contributed by atoms with van der Waals surface area (Å²) in [5.74, 6) is 0.797. The van der Waals surface area contributed by atoms with E-state index in [2.05, 4.69) is 11.6 Å². The zero-order valence-corrected chi connectivity index (χ0v) is 21.6. The normalized spacial score (nSPS) is 13.6. The fourth-order valence-corrected chi connectivity index (χ4v) is 6.11. The molecule has 0 saturated heterocycles. The van der Waals surface area contributed by atoms with Gasteiger partial charge >= 0.3 is 0 Å². The number of allylic oxidation sites excluding steroid dienone is 1. The molecule has 1 aromatic heterocycles. The summed E-state index contributed by atoms with van der Waals surface area (Å²) in [6.45, 7) is 5.29. The Morgan fingerprint density at radius 1 is 1.14 bits per heavy atom. The highest BCUT2D eigenvalue weighted by Crippen LogP contribution is 2.37. The van der Waals surface area contributed by atoms with Gasteiger partial charge in [0, 0.05) is 51.6 Å². The Morgan fingerprint density at radius 3 is 2.39 bits per heavy atom. The van der Waals surface area contributed by atoms with Crippen molar-refractivity contribution in [3.05, 3.63) is 59.4 Å². The third-order valence-electron chi connectivity index (χ3n) is 5.51. The molecule has 0 N–H and O–H groups in total. The van der Waals surface area contributed by atoms with Gasteiger partial charge in [-0.05, 0) is 24.3 Å². The van der Waals surface area contributed by atoms with Crippen molar-refractivity contribution in [3.8, 4) is 11.5 Å². The average Bonchev–Trinajstić information content (AvgIpc) is 3.46. The van der Waals surface area contributed by atoms with E-state index in [4.69, 9.17) is 18.9 Å². The SMILES string of the molecule is C=CCn1c(=NC(=O)c2ccc(S(=O)(=O)N(CCOC)CCOC)cc2)sc2cc3c(cc21)OCO3. The summed E-state index contributed by atoms with van der Waals surface area (Å²) in [5, 5.41) is 0. The van der Waals surface area contributed by atoms with E-state index in [-0.39, 0.29) is 43.6 Å². The van der Waals surface area contributed by atoms with Crippen molar-refractivity contribution in [3.63, 3.8) is 0 Å². The van der Waals surface area contributed by atoms with Crippen molar-refractivity contribution < 1.29 is 32.2 Å². The lowest BCUT2D eigenvalue weighted by molar-refractivity contribution is 0.0997. The van der Waals surface area contributed by atoms with Crippen LogP contribution in [-0.2, 0) is 26.0 Å². The molecule has 0 unspecified atom stereocenters. The summed E-state index contributed by atoms with van der Waals surface area (Å²) >= 11 is 1.35. The van der Waals surface area contributed by atoms with Crippen molar-refractivity contribution in [2.24, 2.45) is 4.99 Å². The number of fused-ring (bicyclic) bond motifs is 2. The van der Waals surface area contributed by atoms with Crippen molar-refractivity contribution in [1.29, 1.82) is 0 Å². The van der Waals surface area contributed by atoms with Gasteiger partial charge in [0.15, 0.2) is 16.3 Å². The van der Waals surface area contributed by atoms with Crippen LogP contribution in [-0.4, -0.2) is 70.5 Å². The minimum atomic E-state index is -3.79. The van der Waals surface area contributed by atoms with Crippen LogP contribution in [0, 0.1) is 0 Å². The number of aromatic nitrogens is 1. The van der Waals surface area contributed by atoms with Gasteiger partial charge in [0.2, 0.25) is 16.8 Å². The van der Waals surface area contributed by atoms with E-state index in [0.29, 0.717) is 22.8 Å². The van der Waals surface area contributed by atoms with E-state index in [1.807, 2.05) is 16.7 Å². The number of carbonyl (C=O) groups excluding carboxylic acids is 1. The zero-order valence-electron chi connectivity index (χ0n) is 20.0. The van der Waals surface area contributed by atoms with Gasteiger partial charge in [-0.1, -0.05) is 17.4 Å². The third kappa shape index (κ3) is 5.37. The Balaban J connectivity index is 1.63. The first-order valence-corrected chi connectivity index (χ1v) is 13.4. The quantitative estimate of drug-likeness (QED) is 0.349. The smallest absolute Gasteiger partial charge is 0.279 e. The minimum absolute atomic E-state index is 0.0735. The van der Waals surface area contributed by atoms with Crippen LogP contribution in [0.4, 0.5) is 0 Å². The molecule has 0 aliphatic carbocycles. The number of methoxy groups -OCH3 is 2. The number of benzene rings is 2. The lowest BCUT2D eigenvalue weighted by atomic mass is 10.2. The number of nitrogens with zero attached hydrogens (tertiary/aromatic N) is 3. The summed E-state index contributed by atoms with van der Waals surface area (Å²) in [6.07, 6.45) is 1.72. The fraction of sp³-hybridized carbons (Fsp3) is 0.333. The van der Waals surface area contributed by atoms with E-state index >= 15 is 0 Å². The van der Waals surface area contributed by atoms with Crippen molar-refractivity contribution in [2.45, 2.75) is 11.4 Å². The first-order valence-electron chi connectivity index (χ1n) is 11.1. The summed E-state index contributed by atoms with van der Waals surface area (Å²) in [5.41, 5.74) is 1.12. The second-order valence-electron chi connectivity index (χ2n) is 7.79. The number of thiazole rings is 1. The molecule has 3 aromatic rings. The second kappa shape index (κ2) is 11.4. The Bertz CT molecular complexity index is 1420. The van der Waals surface area contributed by atoms with Gasteiger partial charge < -0.3 is 23.5 Å². The van der Waals surface area contributed by atoms with Crippen molar-refractivity contribution in [2.75, 3.05) is 47.3 Å². The molecule has 0 saturated carbocycles. The number of hydrogen-bond acceptors (Lipinski definition) is 8. The number of sulfonamides is 1. The van der Waals surface area contributed by atoms with Crippen LogP contribution in [0.2, 0.25) is 0 Å². The van der Waals surface area contributed by atoms with Crippen LogP contribution >= 0.6 is 11.3 Å². The maximum atomic E-state index is 13.1. The fourth-order valence-electron chi connectivity index (χ4n) is 3.66. The van der Waals surface area contributed by atoms with Crippen LogP contribution in [0.1, 0.15) is 10.4 Å². The summed E-state index contributed by atoms with van der Waals surface area (Å²) in [6, 6.07) is 9.47. The second-order valence-corrected chi connectivity index (χ2v) is 10.7. The largest absolute Gasteiger partial charge is 0.454 e. The van der Waals surface area contributed by atoms with Gasteiger partial charge in [-0.3, -0.25) is 4.79 Å². The lowest BCUT2D eigenvalue weighted by Gasteiger charge is -2.21. The third-order valence-corrected chi connectivity index (χ3v) is 8.47. The molecule has 0 radical (unpaired) electrons. The molecule has 1 aliphatic rings. The molecule has 0 fully saturated rings. The Morgan fingerprint density at radius 2 is 1.78 bits per heavy atom. The Labute approximate surface area is 213 Å². The summed E-state index contributed by atoms with van der Waals surface area (Å²) < 4.78 is 51.2. The number of ether oxygens (including phenoxy) is 4. The van der Waals surface area contributed by atoms with Crippen LogP contribution < -0.4 is 14.3 Å². The van der Waals surface area contributed by atoms with Crippen LogP contribution in [0.25, 0.3) is 10.2 Å². The predicted molar refractivity (Wildman–Crippen MR) is 135 cm³/mol. The van der Waals surface area contributed by atoms with Crippen LogP contribution in [0.5, 0.6) is 11.5 Å². The molecule has 36 heavy (non-hydrogen) atoms. The molecule has 0 bridgehead atoms. The van der Waals surface area contributed by atoms with Crippen LogP contribution in [0.15, 0.2) is 58.9 Å². The maximum Gasteiger partial charge on any atom is 0.279 e. The molecular formula is C24H27N3O7S2. The average molecular weight is 534 g/mol. The van der Waals surface area contributed by atoms with Crippen molar-refractivity contribution >= 4 is 37.5 Å². The van der Waals surface area contributed by atoms with Gasteiger partial charge in [0.05, 0.1) is 28.3 Å². The van der Waals surface area contributed by atoms with Crippen molar-refractivity contribution in [1.82, 2.24) is 8.87 Å². The molecule has 12 heteroatoms. The lowest BCUT2D eigenvalue weighted by Crippen LogP contribution is -2.36. The highest BCUT2D eigenvalue weighted by molar-refractivity contribution is 7.89. The maximum absolute atomic E-state index is 13.1. The van der Waals surface area contributed by atoms with Gasteiger partial charge in [-0.15, -0.1) is 6.58 Å². The number of amides is 1. The highest BCUT2D eigenvalue weighted by atomic mass is 32.2. The first-order chi connectivity index (χ1) is 17.4. The number of hydrogen-bond donors (Lipinski definition) is 0. The molecule has 2 heterocycles. The molecule has 10 nitrogen and oxygen atoms in total. The van der Waals surface area contributed by atoms with Gasteiger partial charge in [0.1, 0.15) is 0 Å². The summed E-state index contributed by atoms with van der Waals surface area (Å²) in [7, 11) is -0.772. The highest BCUT2D eigenvalue weighted by Gasteiger charge is 2.24. The monoisotopic (exact) mass is 533 g/mol. The Hall–Kier alpha value is -3.03. The topological polar surface area (TPSA) is 109 Å². The number of rotatable bonds is 11. The Kier molecular flexibility index (Phi) is 8.21. The van der Waals surface area contributed by atoms with Gasteiger partial charge in [0.25, 0.3) is 5.91 Å². The van der Waals surface area contributed by atoms with Gasteiger partial charge in [-0.25, -0.2) is 8.42 Å². The van der Waals surface area contributed by atoms with E-state index in [1.54, 1.807) is 6.08 Å². The predicted octanol–water partition coefficient (Wildman–Crippen LogP) is 2.64. The van der Waals surface area contributed by atoms with E-state index in [9.17, 15) is 13.2 Å². The van der Waals surface area contributed by atoms with E-state index < -0.39 is 15.9 Å². The molecule has 2 aromatic carbocycles. The molecule has 4 rings (SSSR count). The molecule has 0 atom stereocenters. The molecular weight excluding hydrogens is 506 g/mol. The van der Waals surface area contributed by atoms with Crippen LogP contribution in [0.3, 0.4) is 0 Å². The molecule has 1 amide bonds.